The minimum atomic E-state index is -1.11. The number of rotatable bonds is 13. The Hall–Kier alpha value is -4.64. The highest BCUT2D eigenvalue weighted by Crippen LogP contribution is 2.21. The molecule has 1 unspecified atom stereocenters. The molecule has 11 heteroatoms. The minimum absolute atomic E-state index is 0.0570. The summed E-state index contributed by atoms with van der Waals surface area (Å²) in [6, 6.07) is 13.5. The molecule has 3 rings (SSSR count). The van der Waals surface area contributed by atoms with Crippen molar-refractivity contribution in [2.75, 3.05) is 6.54 Å². The molecule has 0 aliphatic heterocycles. The van der Waals surface area contributed by atoms with Crippen molar-refractivity contribution >= 4 is 29.4 Å². The summed E-state index contributed by atoms with van der Waals surface area (Å²) in [6.07, 6.45) is 3.18. The number of carbonyl (C=O) groups is 3. The zero-order chi connectivity index (χ0) is 29.8. The fourth-order valence-electron chi connectivity index (χ4n) is 3.98. The summed E-state index contributed by atoms with van der Waals surface area (Å²) in [5, 5.41) is 23.7. The largest absolute Gasteiger partial charge is 0.508 e. The summed E-state index contributed by atoms with van der Waals surface area (Å²) in [4.78, 5) is 37.3. The molecule has 41 heavy (non-hydrogen) atoms. The number of unbranched alkanes of at least 4 members (excludes halogenated alkanes) is 2. The molecule has 0 saturated heterocycles. The van der Waals surface area contributed by atoms with Crippen LogP contribution in [0, 0.1) is 17.5 Å². The molecule has 0 aromatic heterocycles. The zero-order valence-electron chi connectivity index (χ0n) is 22.0. The maximum Gasteiger partial charge on any atom is 0.266 e. The number of aromatic hydroxyl groups is 1. The molecule has 3 aromatic carbocycles. The number of halogens is 3. The molecule has 0 bridgehead atoms. The molecular formula is C30H30F3N3O5. The van der Waals surface area contributed by atoms with Crippen LogP contribution in [0.15, 0.2) is 66.7 Å². The zero-order valence-corrected chi connectivity index (χ0v) is 22.0. The molecule has 0 fully saturated rings. The van der Waals surface area contributed by atoms with Gasteiger partial charge in [0.2, 0.25) is 5.91 Å². The van der Waals surface area contributed by atoms with Gasteiger partial charge in [-0.15, -0.1) is 0 Å². The highest BCUT2D eigenvalue weighted by Gasteiger charge is 2.21. The van der Waals surface area contributed by atoms with Crippen LogP contribution < -0.4 is 16.1 Å². The predicted molar refractivity (Wildman–Crippen MR) is 146 cm³/mol. The van der Waals surface area contributed by atoms with Crippen LogP contribution in [0.3, 0.4) is 0 Å². The Kier molecular flexibility index (Phi) is 11.5. The summed E-state index contributed by atoms with van der Waals surface area (Å²) < 4.78 is 40.6. The molecule has 8 nitrogen and oxygen atoms in total. The Morgan fingerprint density at radius 3 is 2.22 bits per heavy atom. The molecule has 0 aliphatic rings. The fraction of sp³-hybridized carbons (Fsp3) is 0.233. The monoisotopic (exact) mass is 569 g/mol. The SMILES string of the molecule is O=C(CCCCCNC(=O)/C(=C\c1ccc(F)cc1)c1ccc(F)c(F)c1)NC(Cc1ccc(O)cc1)C(=O)NO. The second-order valence-electron chi connectivity index (χ2n) is 9.27. The van der Waals surface area contributed by atoms with Gasteiger partial charge in [-0.1, -0.05) is 36.8 Å². The van der Waals surface area contributed by atoms with E-state index in [1.807, 2.05) is 0 Å². The lowest BCUT2D eigenvalue weighted by atomic mass is 10.0. The third kappa shape index (κ3) is 9.80. The van der Waals surface area contributed by atoms with Gasteiger partial charge in [-0.05, 0) is 72.0 Å². The van der Waals surface area contributed by atoms with Crippen LogP contribution in [0.25, 0.3) is 11.6 Å². The summed E-state index contributed by atoms with van der Waals surface area (Å²) in [6.45, 7) is 0.237. The first-order valence-electron chi connectivity index (χ1n) is 12.9. The molecule has 3 amide bonds. The number of amides is 3. The second kappa shape index (κ2) is 15.2. The normalized spacial score (nSPS) is 12.0. The predicted octanol–water partition coefficient (Wildman–Crippen LogP) is 4.26. The second-order valence-corrected chi connectivity index (χ2v) is 9.27. The van der Waals surface area contributed by atoms with Crippen molar-refractivity contribution in [1.29, 1.82) is 0 Å². The number of hydroxylamine groups is 1. The average molecular weight is 570 g/mol. The first-order chi connectivity index (χ1) is 19.7. The van der Waals surface area contributed by atoms with Crippen molar-refractivity contribution in [3.63, 3.8) is 0 Å². The van der Waals surface area contributed by atoms with Crippen LogP contribution in [0.2, 0.25) is 0 Å². The van der Waals surface area contributed by atoms with Crippen LogP contribution in [-0.2, 0) is 20.8 Å². The topological polar surface area (TPSA) is 128 Å². The summed E-state index contributed by atoms with van der Waals surface area (Å²) in [5.41, 5.74) is 2.91. The van der Waals surface area contributed by atoms with Gasteiger partial charge in [0.25, 0.3) is 11.8 Å². The van der Waals surface area contributed by atoms with Crippen molar-refractivity contribution in [3.8, 4) is 5.75 Å². The van der Waals surface area contributed by atoms with Crippen LogP contribution in [-0.4, -0.2) is 40.6 Å². The molecular weight excluding hydrogens is 539 g/mol. The molecule has 216 valence electrons. The van der Waals surface area contributed by atoms with E-state index in [1.54, 1.807) is 12.1 Å². The average Bonchev–Trinajstić information content (AvgIpc) is 2.96. The van der Waals surface area contributed by atoms with E-state index in [1.165, 1.54) is 54.0 Å². The van der Waals surface area contributed by atoms with Crippen molar-refractivity contribution in [3.05, 3.63) is 101 Å². The van der Waals surface area contributed by atoms with E-state index in [4.69, 9.17) is 5.21 Å². The highest BCUT2D eigenvalue weighted by atomic mass is 19.2. The lowest BCUT2D eigenvalue weighted by Crippen LogP contribution is -2.47. The lowest BCUT2D eigenvalue weighted by Gasteiger charge is -2.17. The molecule has 3 aromatic rings. The van der Waals surface area contributed by atoms with E-state index in [0.29, 0.717) is 30.4 Å². The molecule has 1 atom stereocenters. The Morgan fingerprint density at radius 2 is 1.56 bits per heavy atom. The van der Waals surface area contributed by atoms with Gasteiger partial charge in [0, 0.05) is 25.0 Å². The highest BCUT2D eigenvalue weighted by molar-refractivity contribution is 6.24. The molecule has 0 saturated carbocycles. The Labute approximate surface area is 234 Å². The van der Waals surface area contributed by atoms with Gasteiger partial charge in [0.15, 0.2) is 11.6 Å². The lowest BCUT2D eigenvalue weighted by molar-refractivity contribution is -0.134. The van der Waals surface area contributed by atoms with E-state index >= 15 is 0 Å². The standard InChI is InChI=1S/C30H30F3N3O5/c31-22-10-5-19(6-11-22)16-24(21-9-14-25(32)26(33)18-21)29(39)34-15-3-1-2-4-28(38)35-27(30(40)36-41)17-20-7-12-23(37)13-8-20/h5-14,16,18,27,37,41H,1-4,15,17H2,(H,34,39)(H,35,38)(H,36,40)/b24-16-. The fourth-order valence-corrected chi connectivity index (χ4v) is 3.98. The van der Waals surface area contributed by atoms with Crippen LogP contribution in [0.5, 0.6) is 5.75 Å². The summed E-state index contributed by atoms with van der Waals surface area (Å²) in [7, 11) is 0. The van der Waals surface area contributed by atoms with Gasteiger partial charge in [-0.2, -0.15) is 0 Å². The van der Waals surface area contributed by atoms with E-state index in [2.05, 4.69) is 10.6 Å². The van der Waals surface area contributed by atoms with Crippen LogP contribution in [0.4, 0.5) is 13.2 Å². The summed E-state index contributed by atoms with van der Waals surface area (Å²) in [5.74, 6) is -4.28. The van der Waals surface area contributed by atoms with E-state index in [-0.39, 0.29) is 36.3 Å². The molecule has 0 radical (unpaired) electrons. The number of hydrogen-bond donors (Lipinski definition) is 5. The number of phenols is 1. The van der Waals surface area contributed by atoms with Crippen molar-refractivity contribution in [2.24, 2.45) is 0 Å². The van der Waals surface area contributed by atoms with Gasteiger partial charge >= 0.3 is 0 Å². The Balaban J connectivity index is 1.50. The third-order valence-electron chi connectivity index (χ3n) is 6.16. The van der Waals surface area contributed by atoms with Crippen LogP contribution >= 0.6 is 0 Å². The van der Waals surface area contributed by atoms with E-state index in [9.17, 15) is 32.7 Å². The van der Waals surface area contributed by atoms with Crippen molar-refractivity contribution in [1.82, 2.24) is 16.1 Å². The number of carbonyl (C=O) groups excluding carboxylic acids is 3. The van der Waals surface area contributed by atoms with Gasteiger partial charge in [0.1, 0.15) is 17.6 Å². The van der Waals surface area contributed by atoms with E-state index in [0.717, 1.165) is 12.1 Å². The maximum atomic E-state index is 13.9. The maximum absolute atomic E-state index is 13.9. The van der Waals surface area contributed by atoms with Gasteiger partial charge in [-0.25, -0.2) is 18.7 Å². The molecule has 0 heterocycles. The third-order valence-corrected chi connectivity index (χ3v) is 6.16. The number of nitrogens with one attached hydrogen (secondary N) is 3. The van der Waals surface area contributed by atoms with Crippen LogP contribution in [0.1, 0.15) is 42.4 Å². The smallest absolute Gasteiger partial charge is 0.266 e. The number of hydrogen-bond acceptors (Lipinski definition) is 5. The minimum Gasteiger partial charge on any atom is -0.508 e. The molecule has 0 aliphatic carbocycles. The van der Waals surface area contributed by atoms with Crippen molar-refractivity contribution in [2.45, 2.75) is 38.1 Å². The summed E-state index contributed by atoms with van der Waals surface area (Å²) >= 11 is 0. The van der Waals surface area contributed by atoms with E-state index < -0.39 is 41.2 Å². The first kappa shape index (κ1) is 30.9. The van der Waals surface area contributed by atoms with Gasteiger partial charge in [-0.3, -0.25) is 19.6 Å². The van der Waals surface area contributed by atoms with Gasteiger partial charge in [0.05, 0.1) is 0 Å². The number of benzene rings is 3. The van der Waals surface area contributed by atoms with Crippen molar-refractivity contribution < 1.29 is 37.9 Å². The first-order valence-corrected chi connectivity index (χ1v) is 12.9. The van der Waals surface area contributed by atoms with Gasteiger partial charge < -0.3 is 15.7 Å². The number of phenolic OH excluding ortho intramolecular Hbond substituents is 1. The quantitative estimate of drug-likeness (QED) is 0.0691. The molecule has 5 N–H and O–H groups in total. The Bertz CT molecular complexity index is 1380. The Morgan fingerprint density at radius 1 is 0.854 bits per heavy atom. The molecule has 0 spiro atoms.